The zero-order valence-corrected chi connectivity index (χ0v) is 19.2. The Balaban J connectivity index is 1.67. The highest BCUT2D eigenvalue weighted by molar-refractivity contribution is 5.81. The van der Waals surface area contributed by atoms with Crippen LogP contribution in [0.25, 0.3) is 0 Å². The van der Waals surface area contributed by atoms with Crippen LogP contribution in [0.1, 0.15) is 60.0 Å². The Kier molecular flexibility index (Phi) is 7.09. The van der Waals surface area contributed by atoms with E-state index >= 15 is 0 Å². The van der Waals surface area contributed by atoms with Crippen LogP contribution in [0.2, 0.25) is 0 Å². The average molecular weight is 457 g/mol. The lowest BCUT2D eigenvalue weighted by atomic mass is 9.99. The van der Waals surface area contributed by atoms with E-state index in [-0.39, 0.29) is 11.5 Å². The molecule has 3 aromatic rings. The van der Waals surface area contributed by atoms with Gasteiger partial charge in [-0.05, 0) is 48.6 Å². The molecule has 0 amide bonds. The number of nitrogens with zero attached hydrogens (tertiary/aromatic N) is 2. The van der Waals surface area contributed by atoms with Gasteiger partial charge in [0.25, 0.3) is 0 Å². The summed E-state index contributed by atoms with van der Waals surface area (Å²) in [5.74, 6) is 7.44. The molecule has 1 aliphatic rings. The lowest BCUT2D eigenvalue weighted by Crippen LogP contribution is -2.43. The number of imidazole rings is 1. The Morgan fingerprint density at radius 1 is 1.15 bits per heavy atom. The zero-order valence-electron chi connectivity index (χ0n) is 19.2. The van der Waals surface area contributed by atoms with Gasteiger partial charge in [0.2, 0.25) is 0 Å². The lowest BCUT2D eigenvalue weighted by Gasteiger charge is -2.25. The van der Waals surface area contributed by atoms with Gasteiger partial charge in [0.15, 0.2) is 12.1 Å². The first-order chi connectivity index (χ1) is 16.5. The summed E-state index contributed by atoms with van der Waals surface area (Å²) >= 11 is 0. The van der Waals surface area contributed by atoms with Crippen molar-refractivity contribution in [2.24, 2.45) is 5.73 Å². The van der Waals surface area contributed by atoms with E-state index in [0.717, 1.165) is 43.1 Å². The Morgan fingerprint density at radius 2 is 1.85 bits per heavy atom. The molecule has 3 N–H and O–H groups in total. The van der Waals surface area contributed by atoms with Crippen LogP contribution < -0.4 is 15.8 Å². The highest BCUT2D eigenvalue weighted by atomic mass is 16.5. The smallest absolute Gasteiger partial charge is 0.308 e. The van der Waals surface area contributed by atoms with Crippen molar-refractivity contribution >= 4 is 18.1 Å². The summed E-state index contributed by atoms with van der Waals surface area (Å²) in [4.78, 5) is 27.6. The number of hydrogen-bond acceptors (Lipinski definition) is 6. The number of ether oxygens (including phenoxy) is 1. The largest absolute Gasteiger partial charge is 0.427 e. The molecule has 7 heteroatoms. The summed E-state index contributed by atoms with van der Waals surface area (Å²) < 4.78 is 7.03. The molecule has 1 saturated carbocycles. The average Bonchev–Trinajstić information content (AvgIpc) is 3.41. The Morgan fingerprint density at radius 3 is 2.50 bits per heavy atom. The SMILES string of the molecule is CC(=O)Oc1ccc(Cn2c(C#Cc3ccccc3)nc(C=O)c2NCC2(N)CCCC2)cc1. The van der Waals surface area contributed by atoms with E-state index < -0.39 is 0 Å². The third-order valence-electron chi connectivity index (χ3n) is 5.93. The van der Waals surface area contributed by atoms with Gasteiger partial charge in [0, 0.05) is 24.6 Å². The predicted molar refractivity (Wildman–Crippen MR) is 131 cm³/mol. The normalized spacial score (nSPS) is 14.2. The minimum absolute atomic E-state index is 0.295. The number of aromatic nitrogens is 2. The van der Waals surface area contributed by atoms with Crippen molar-refractivity contribution < 1.29 is 14.3 Å². The zero-order chi connectivity index (χ0) is 24.0. The van der Waals surface area contributed by atoms with Gasteiger partial charge < -0.3 is 15.8 Å². The number of aldehydes is 1. The Hall–Kier alpha value is -3.89. The van der Waals surface area contributed by atoms with Crippen LogP contribution in [-0.2, 0) is 11.3 Å². The number of benzene rings is 2. The molecule has 4 rings (SSSR count). The fourth-order valence-corrected chi connectivity index (χ4v) is 4.17. The number of rotatable bonds is 7. The van der Waals surface area contributed by atoms with E-state index in [1.54, 1.807) is 12.1 Å². The molecule has 0 unspecified atom stereocenters. The van der Waals surface area contributed by atoms with E-state index in [1.165, 1.54) is 6.92 Å². The van der Waals surface area contributed by atoms with Gasteiger partial charge in [-0.3, -0.25) is 14.2 Å². The lowest BCUT2D eigenvalue weighted by molar-refractivity contribution is -0.131. The molecular formula is C27H28N4O3. The summed E-state index contributed by atoms with van der Waals surface area (Å²) in [5, 5.41) is 3.40. The van der Waals surface area contributed by atoms with Crippen molar-refractivity contribution in [2.45, 2.75) is 44.7 Å². The molecule has 1 heterocycles. The number of carbonyl (C=O) groups excluding carboxylic acids is 2. The van der Waals surface area contributed by atoms with E-state index in [2.05, 4.69) is 22.1 Å². The summed E-state index contributed by atoms with van der Waals surface area (Å²) in [6.45, 7) is 2.35. The van der Waals surface area contributed by atoms with Crippen molar-refractivity contribution in [2.75, 3.05) is 11.9 Å². The van der Waals surface area contributed by atoms with Crippen molar-refractivity contribution in [1.82, 2.24) is 9.55 Å². The first-order valence-electron chi connectivity index (χ1n) is 11.4. The molecule has 0 aliphatic heterocycles. The van der Waals surface area contributed by atoms with Gasteiger partial charge in [-0.15, -0.1) is 0 Å². The molecule has 0 bridgehead atoms. The summed E-state index contributed by atoms with van der Waals surface area (Å²) in [7, 11) is 0. The highest BCUT2D eigenvalue weighted by Gasteiger charge is 2.30. The molecule has 174 valence electrons. The van der Waals surface area contributed by atoms with Gasteiger partial charge in [-0.25, -0.2) is 4.98 Å². The standard InChI is InChI=1S/C27H28N4O3/c1-20(33)34-23-12-9-22(10-13-23)17-31-25(14-11-21-7-3-2-4-8-21)30-24(18-32)26(31)29-19-27(28)15-5-6-16-27/h2-4,7-10,12-13,18,29H,5-6,15-17,19,28H2,1H3. The number of hydrogen-bond donors (Lipinski definition) is 2. The van der Waals surface area contributed by atoms with E-state index in [1.807, 2.05) is 47.0 Å². The monoisotopic (exact) mass is 456 g/mol. The highest BCUT2D eigenvalue weighted by Crippen LogP contribution is 2.28. The predicted octanol–water partition coefficient (Wildman–Crippen LogP) is 3.75. The quantitative estimate of drug-likeness (QED) is 0.243. The second-order valence-electron chi connectivity index (χ2n) is 8.65. The second-order valence-corrected chi connectivity index (χ2v) is 8.65. The van der Waals surface area contributed by atoms with Crippen LogP contribution in [-0.4, -0.2) is 33.9 Å². The third kappa shape index (κ3) is 5.72. The topological polar surface area (TPSA) is 99.2 Å². The number of nitrogens with two attached hydrogens (primary N) is 1. The molecule has 0 radical (unpaired) electrons. The van der Waals surface area contributed by atoms with Crippen LogP contribution in [0.3, 0.4) is 0 Å². The number of nitrogens with one attached hydrogen (secondary N) is 1. The molecule has 7 nitrogen and oxygen atoms in total. The van der Waals surface area contributed by atoms with Crippen molar-refractivity contribution in [3.63, 3.8) is 0 Å². The van der Waals surface area contributed by atoms with Gasteiger partial charge in [-0.1, -0.05) is 49.1 Å². The molecule has 0 atom stereocenters. The van der Waals surface area contributed by atoms with Gasteiger partial charge in [0.1, 0.15) is 17.3 Å². The summed E-state index contributed by atoms with van der Waals surface area (Å²) in [5.41, 5.74) is 8.36. The van der Waals surface area contributed by atoms with E-state index in [4.69, 9.17) is 10.5 Å². The van der Waals surface area contributed by atoms with Crippen molar-refractivity contribution in [1.29, 1.82) is 0 Å². The number of anilines is 1. The molecule has 2 aromatic carbocycles. The maximum atomic E-state index is 11.9. The molecule has 0 spiro atoms. The summed E-state index contributed by atoms with van der Waals surface area (Å²) in [6.07, 6.45) is 4.86. The molecule has 34 heavy (non-hydrogen) atoms. The Bertz CT molecular complexity index is 1210. The van der Waals surface area contributed by atoms with Crippen molar-refractivity contribution in [3.05, 3.63) is 77.2 Å². The maximum Gasteiger partial charge on any atom is 0.308 e. The molecule has 1 aromatic heterocycles. The van der Waals surface area contributed by atoms with E-state index in [0.29, 0.717) is 36.2 Å². The van der Waals surface area contributed by atoms with Crippen LogP contribution in [0.4, 0.5) is 5.82 Å². The minimum atomic E-state index is -0.370. The van der Waals surface area contributed by atoms with Crippen LogP contribution in [0, 0.1) is 11.8 Å². The third-order valence-corrected chi connectivity index (χ3v) is 5.93. The van der Waals surface area contributed by atoms with Gasteiger partial charge in [0.05, 0.1) is 6.54 Å². The summed E-state index contributed by atoms with van der Waals surface area (Å²) in [6, 6.07) is 16.9. The van der Waals surface area contributed by atoms with Gasteiger partial charge >= 0.3 is 5.97 Å². The van der Waals surface area contributed by atoms with Gasteiger partial charge in [-0.2, -0.15) is 0 Å². The molecule has 0 saturated heterocycles. The maximum absolute atomic E-state index is 11.9. The number of esters is 1. The molecular weight excluding hydrogens is 428 g/mol. The van der Waals surface area contributed by atoms with Crippen LogP contribution in [0.15, 0.2) is 54.6 Å². The number of carbonyl (C=O) groups is 2. The fourth-order valence-electron chi connectivity index (χ4n) is 4.17. The minimum Gasteiger partial charge on any atom is -0.427 e. The Labute approximate surface area is 199 Å². The fraction of sp³-hybridized carbons (Fsp3) is 0.296. The first kappa shape index (κ1) is 23.3. The van der Waals surface area contributed by atoms with Crippen LogP contribution >= 0.6 is 0 Å². The van der Waals surface area contributed by atoms with Crippen LogP contribution in [0.5, 0.6) is 5.75 Å². The molecule has 1 fully saturated rings. The second kappa shape index (κ2) is 10.4. The molecule has 1 aliphatic carbocycles. The first-order valence-corrected chi connectivity index (χ1v) is 11.4. The van der Waals surface area contributed by atoms with Crippen molar-refractivity contribution in [3.8, 4) is 17.6 Å². The van der Waals surface area contributed by atoms with E-state index in [9.17, 15) is 9.59 Å².